The summed E-state index contributed by atoms with van der Waals surface area (Å²) in [5.41, 5.74) is 5.09. The van der Waals surface area contributed by atoms with Crippen LogP contribution in [0.15, 0.2) is 30.3 Å². The van der Waals surface area contributed by atoms with Crippen LogP contribution in [0.1, 0.15) is 31.5 Å². The van der Waals surface area contributed by atoms with E-state index in [0.717, 1.165) is 40.7 Å². The third-order valence-corrected chi connectivity index (χ3v) is 5.58. The van der Waals surface area contributed by atoms with Gasteiger partial charge < -0.3 is 4.90 Å². The van der Waals surface area contributed by atoms with Crippen molar-refractivity contribution in [2.45, 2.75) is 34.1 Å². The van der Waals surface area contributed by atoms with Crippen molar-refractivity contribution in [3.63, 3.8) is 0 Å². The fraction of sp³-hybridized carbons (Fsp3) is 0.429. The molecule has 0 N–H and O–H groups in total. The van der Waals surface area contributed by atoms with Crippen molar-refractivity contribution in [2.24, 2.45) is 11.8 Å². The van der Waals surface area contributed by atoms with Crippen LogP contribution >= 0.6 is 11.6 Å². The first-order valence-electron chi connectivity index (χ1n) is 9.30. The quantitative estimate of drug-likeness (QED) is 0.627. The molecule has 2 atom stereocenters. The van der Waals surface area contributed by atoms with Gasteiger partial charge in [0, 0.05) is 41.0 Å². The van der Waals surface area contributed by atoms with E-state index in [9.17, 15) is 0 Å². The van der Waals surface area contributed by atoms with Crippen molar-refractivity contribution in [3.05, 3.63) is 46.6 Å². The molecular weight excluding hydrogens is 344 g/mol. The molecule has 1 saturated heterocycles. The second-order valence-electron chi connectivity index (χ2n) is 7.81. The molecule has 0 bridgehead atoms. The lowest BCUT2D eigenvalue weighted by molar-refractivity contribution is 0.354. The van der Waals surface area contributed by atoms with Crippen LogP contribution in [0.25, 0.3) is 16.9 Å². The Kier molecular flexibility index (Phi) is 4.39. The van der Waals surface area contributed by atoms with Crippen molar-refractivity contribution in [1.82, 2.24) is 14.6 Å². The molecule has 0 unspecified atom stereocenters. The SMILES string of the molecule is Cc1nc2cc(-c3cccc(Cl)c3)nn2c(N2C[C@H](C)C[C@H](C)C2)c1C. The van der Waals surface area contributed by atoms with E-state index in [4.69, 9.17) is 21.7 Å². The molecule has 5 heteroatoms. The van der Waals surface area contributed by atoms with E-state index in [-0.39, 0.29) is 0 Å². The molecule has 1 aliphatic heterocycles. The van der Waals surface area contributed by atoms with Gasteiger partial charge in [-0.25, -0.2) is 4.98 Å². The van der Waals surface area contributed by atoms with E-state index in [0.29, 0.717) is 11.8 Å². The van der Waals surface area contributed by atoms with Crippen LogP contribution in [-0.2, 0) is 0 Å². The van der Waals surface area contributed by atoms with Gasteiger partial charge in [-0.3, -0.25) is 0 Å². The zero-order valence-electron chi connectivity index (χ0n) is 15.8. The van der Waals surface area contributed by atoms with Crippen molar-refractivity contribution >= 4 is 23.1 Å². The number of fused-ring (bicyclic) bond motifs is 1. The van der Waals surface area contributed by atoms with Crippen LogP contribution in [0.4, 0.5) is 5.82 Å². The van der Waals surface area contributed by atoms with Gasteiger partial charge in [0.25, 0.3) is 0 Å². The summed E-state index contributed by atoms with van der Waals surface area (Å²) < 4.78 is 2.02. The number of hydrogen-bond acceptors (Lipinski definition) is 3. The maximum Gasteiger partial charge on any atom is 0.158 e. The molecule has 2 aromatic heterocycles. The maximum atomic E-state index is 6.17. The Morgan fingerprint density at radius 2 is 1.81 bits per heavy atom. The van der Waals surface area contributed by atoms with Crippen molar-refractivity contribution in [3.8, 4) is 11.3 Å². The molecule has 3 heterocycles. The second-order valence-corrected chi connectivity index (χ2v) is 8.24. The monoisotopic (exact) mass is 368 g/mol. The highest BCUT2D eigenvalue weighted by Crippen LogP contribution is 2.31. The van der Waals surface area contributed by atoms with Crippen LogP contribution in [0.5, 0.6) is 0 Å². The highest BCUT2D eigenvalue weighted by molar-refractivity contribution is 6.30. The number of anilines is 1. The van der Waals surface area contributed by atoms with Gasteiger partial charge in [0.05, 0.1) is 5.69 Å². The Morgan fingerprint density at radius 3 is 2.50 bits per heavy atom. The fourth-order valence-corrected chi connectivity index (χ4v) is 4.37. The molecule has 136 valence electrons. The van der Waals surface area contributed by atoms with E-state index in [2.05, 4.69) is 38.7 Å². The summed E-state index contributed by atoms with van der Waals surface area (Å²) in [4.78, 5) is 7.27. The van der Waals surface area contributed by atoms with E-state index >= 15 is 0 Å². The van der Waals surface area contributed by atoms with E-state index in [1.165, 1.54) is 17.8 Å². The summed E-state index contributed by atoms with van der Waals surface area (Å²) in [6.07, 6.45) is 1.29. The molecule has 26 heavy (non-hydrogen) atoms. The molecule has 4 nitrogen and oxygen atoms in total. The molecule has 0 amide bonds. The normalized spacial score (nSPS) is 20.7. The van der Waals surface area contributed by atoms with Crippen LogP contribution in [0.3, 0.4) is 0 Å². The van der Waals surface area contributed by atoms with Gasteiger partial charge in [-0.2, -0.15) is 9.61 Å². The van der Waals surface area contributed by atoms with Crippen LogP contribution < -0.4 is 4.90 Å². The first kappa shape index (κ1) is 17.3. The smallest absolute Gasteiger partial charge is 0.158 e. The molecular formula is C21H25ClN4. The van der Waals surface area contributed by atoms with Crippen LogP contribution in [0, 0.1) is 25.7 Å². The number of aryl methyl sites for hydroxylation is 1. The summed E-state index contributed by atoms with van der Waals surface area (Å²) in [6, 6.07) is 9.89. The highest BCUT2D eigenvalue weighted by Gasteiger charge is 2.26. The number of halogens is 1. The van der Waals surface area contributed by atoms with Gasteiger partial charge in [-0.05, 0) is 44.2 Å². The largest absolute Gasteiger partial charge is 0.356 e. The Labute approximate surface area is 159 Å². The second kappa shape index (κ2) is 6.58. The van der Waals surface area contributed by atoms with Gasteiger partial charge in [0.2, 0.25) is 0 Å². The van der Waals surface area contributed by atoms with Crippen molar-refractivity contribution in [1.29, 1.82) is 0 Å². The summed E-state index contributed by atoms with van der Waals surface area (Å²) in [5.74, 6) is 2.55. The van der Waals surface area contributed by atoms with E-state index in [1.807, 2.05) is 28.8 Å². The minimum absolute atomic E-state index is 0.685. The minimum atomic E-state index is 0.685. The molecule has 1 fully saturated rings. The maximum absolute atomic E-state index is 6.17. The summed E-state index contributed by atoms with van der Waals surface area (Å²) in [6.45, 7) is 11.0. The number of aromatic nitrogens is 3. The molecule has 0 spiro atoms. The molecule has 0 aliphatic carbocycles. The average molecular weight is 369 g/mol. The molecule has 0 saturated carbocycles. The molecule has 4 rings (SSSR count). The third-order valence-electron chi connectivity index (χ3n) is 5.34. The Hall–Kier alpha value is -2.07. The number of piperidine rings is 1. The average Bonchev–Trinajstić information content (AvgIpc) is 2.98. The topological polar surface area (TPSA) is 33.4 Å². The lowest BCUT2D eigenvalue weighted by Gasteiger charge is -2.37. The number of benzene rings is 1. The fourth-order valence-electron chi connectivity index (χ4n) is 4.18. The first-order chi connectivity index (χ1) is 12.4. The number of nitrogens with zero attached hydrogens (tertiary/aromatic N) is 4. The standard InChI is InChI=1S/C21H25ClN4/c1-13-8-14(2)12-25(11-13)21-15(3)16(4)23-20-10-19(24-26(20)21)17-6-5-7-18(22)9-17/h5-7,9-10,13-14H,8,11-12H2,1-4H3/t13-,14+. The summed E-state index contributed by atoms with van der Waals surface area (Å²) >= 11 is 6.17. The molecule has 1 aromatic carbocycles. The van der Waals surface area contributed by atoms with Gasteiger partial charge in [-0.1, -0.05) is 37.6 Å². The molecule has 3 aromatic rings. The van der Waals surface area contributed by atoms with Crippen LogP contribution in [-0.4, -0.2) is 27.7 Å². The van der Waals surface area contributed by atoms with E-state index in [1.54, 1.807) is 0 Å². The Bertz CT molecular complexity index is 952. The predicted octanol–water partition coefficient (Wildman–Crippen LogP) is 5.15. The minimum Gasteiger partial charge on any atom is -0.356 e. The van der Waals surface area contributed by atoms with Gasteiger partial charge >= 0.3 is 0 Å². The highest BCUT2D eigenvalue weighted by atomic mass is 35.5. The van der Waals surface area contributed by atoms with Crippen molar-refractivity contribution in [2.75, 3.05) is 18.0 Å². The van der Waals surface area contributed by atoms with Gasteiger partial charge in [0.15, 0.2) is 5.65 Å². The lowest BCUT2D eigenvalue weighted by Crippen LogP contribution is -2.40. The number of rotatable bonds is 2. The van der Waals surface area contributed by atoms with Gasteiger partial charge in [0.1, 0.15) is 5.82 Å². The Morgan fingerprint density at radius 1 is 1.08 bits per heavy atom. The summed E-state index contributed by atoms with van der Waals surface area (Å²) in [5, 5.41) is 5.63. The van der Waals surface area contributed by atoms with Crippen LogP contribution in [0.2, 0.25) is 5.02 Å². The van der Waals surface area contributed by atoms with Gasteiger partial charge in [-0.15, -0.1) is 0 Å². The predicted molar refractivity (Wildman–Crippen MR) is 108 cm³/mol. The number of hydrogen-bond donors (Lipinski definition) is 0. The first-order valence-corrected chi connectivity index (χ1v) is 9.68. The zero-order chi connectivity index (χ0) is 18.4. The Balaban J connectivity index is 1.87. The summed E-state index contributed by atoms with van der Waals surface area (Å²) in [7, 11) is 0. The zero-order valence-corrected chi connectivity index (χ0v) is 16.6. The van der Waals surface area contributed by atoms with Crippen molar-refractivity contribution < 1.29 is 0 Å². The third kappa shape index (κ3) is 3.07. The molecule has 0 radical (unpaired) electrons. The lowest BCUT2D eigenvalue weighted by atomic mass is 9.91. The van der Waals surface area contributed by atoms with E-state index < -0.39 is 0 Å². The molecule has 1 aliphatic rings.